The van der Waals surface area contributed by atoms with E-state index in [9.17, 15) is 9.50 Å². The third-order valence-corrected chi connectivity index (χ3v) is 3.57. The van der Waals surface area contributed by atoms with Gasteiger partial charge in [0.2, 0.25) is 0 Å². The summed E-state index contributed by atoms with van der Waals surface area (Å²) in [5.74, 6) is -0.310. The molecule has 1 aliphatic heterocycles. The summed E-state index contributed by atoms with van der Waals surface area (Å²) >= 11 is 4.83. The fourth-order valence-electron chi connectivity index (χ4n) is 2.44. The van der Waals surface area contributed by atoms with E-state index in [-0.39, 0.29) is 29.6 Å². The number of nitrogens with two attached hydrogens (primary N) is 1. The average molecular weight is 298 g/mol. The van der Waals surface area contributed by atoms with Crippen molar-refractivity contribution in [1.29, 1.82) is 0 Å². The van der Waals surface area contributed by atoms with Gasteiger partial charge >= 0.3 is 0 Å². The Hall–Kier alpha value is -1.08. The van der Waals surface area contributed by atoms with Crippen LogP contribution in [0.25, 0.3) is 0 Å². The summed E-state index contributed by atoms with van der Waals surface area (Å²) in [7, 11) is 0. The minimum Gasteiger partial charge on any atom is -0.394 e. The fourth-order valence-corrected chi connectivity index (χ4v) is 2.57. The van der Waals surface area contributed by atoms with E-state index in [0.29, 0.717) is 30.8 Å². The highest BCUT2D eigenvalue weighted by atomic mass is 32.1. The zero-order valence-electron chi connectivity index (χ0n) is 11.4. The van der Waals surface area contributed by atoms with Crippen molar-refractivity contribution in [3.8, 4) is 0 Å². The van der Waals surface area contributed by atoms with Crippen molar-refractivity contribution in [1.82, 2.24) is 4.90 Å². The third-order valence-electron chi connectivity index (χ3n) is 3.34. The molecule has 0 aromatic heterocycles. The number of hydrogen-bond donors (Lipinski definition) is 2. The van der Waals surface area contributed by atoms with E-state index in [1.165, 1.54) is 6.07 Å². The second kappa shape index (κ2) is 6.58. The molecule has 4 nitrogen and oxygen atoms in total. The molecule has 2 rings (SSSR count). The van der Waals surface area contributed by atoms with Gasteiger partial charge in [-0.3, -0.25) is 4.90 Å². The lowest BCUT2D eigenvalue weighted by atomic mass is 10.1. The molecule has 0 radical (unpaired) electrons. The summed E-state index contributed by atoms with van der Waals surface area (Å²) in [4.78, 5) is 2.27. The summed E-state index contributed by atoms with van der Waals surface area (Å²) in [5.41, 5.74) is 6.61. The van der Waals surface area contributed by atoms with Gasteiger partial charge in [-0.15, -0.1) is 0 Å². The van der Waals surface area contributed by atoms with Crippen LogP contribution in [0.15, 0.2) is 18.2 Å². The number of rotatable bonds is 4. The van der Waals surface area contributed by atoms with Gasteiger partial charge in [0.15, 0.2) is 0 Å². The van der Waals surface area contributed by atoms with Gasteiger partial charge in [-0.25, -0.2) is 4.39 Å². The summed E-state index contributed by atoms with van der Waals surface area (Å²) in [6, 6.07) is 4.80. The number of halogens is 1. The number of benzene rings is 1. The number of thiocarbonyl (C=S) groups is 1. The summed E-state index contributed by atoms with van der Waals surface area (Å²) in [6.45, 7) is 3.71. The van der Waals surface area contributed by atoms with Crippen molar-refractivity contribution in [2.75, 3.05) is 19.7 Å². The van der Waals surface area contributed by atoms with Gasteiger partial charge in [-0.1, -0.05) is 24.4 Å². The molecule has 20 heavy (non-hydrogen) atoms. The van der Waals surface area contributed by atoms with E-state index in [1.807, 2.05) is 6.92 Å². The van der Waals surface area contributed by atoms with E-state index in [1.54, 1.807) is 12.1 Å². The van der Waals surface area contributed by atoms with Crippen LogP contribution in [0.1, 0.15) is 18.1 Å². The van der Waals surface area contributed by atoms with Gasteiger partial charge in [0.1, 0.15) is 10.8 Å². The molecule has 6 heteroatoms. The lowest BCUT2D eigenvalue weighted by Gasteiger charge is -2.36. The van der Waals surface area contributed by atoms with Gasteiger partial charge in [0, 0.05) is 30.8 Å². The molecule has 3 N–H and O–H groups in total. The largest absolute Gasteiger partial charge is 0.394 e. The van der Waals surface area contributed by atoms with E-state index in [4.69, 9.17) is 22.7 Å². The Bertz CT molecular complexity index is 498. The molecule has 0 saturated carbocycles. The zero-order chi connectivity index (χ0) is 14.7. The van der Waals surface area contributed by atoms with Crippen molar-refractivity contribution < 1.29 is 14.2 Å². The normalized spacial score (nSPS) is 23.8. The molecule has 1 heterocycles. The highest BCUT2D eigenvalue weighted by Crippen LogP contribution is 2.17. The first kappa shape index (κ1) is 15.3. The molecule has 0 aliphatic carbocycles. The van der Waals surface area contributed by atoms with Crippen LogP contribution in [0.5, 0.6) is 0 Å². The molecular formula is C14H19FN2O2S. The maximum Gasteiger partial charge on any atom is 0.128 e. The van der Waals surface area contributed by atoms with E-state index in [2.05, 4.69) is 4.90 Å². The van der Waals surface area contributed by atoms with Crippen LogP contribution in [0.4, 0.5) is 4.39 Å². The minimum absolute atomic E-state index is 0.0241. The van der Waals surface area contributed by atoms with Gasteiger partial charge in [-0.2, -0.15) is 0 Å². The Labute approximate surface area is 123 Å². The van der Waals surface area contributed by atoms with Crippen molar-refractivity contribution >= 4 is 17.2 Å². The van der Waals surface area contributed by atoms with Gasteiger partial charge in [0.05, 0.1) is 18.8 Å². The predicted molar refractivity (Wildman–Crippen MR) is 79.0 cm³/mol. The van der Waals surface area contributed by atoms with Crippen LogP contribution in [-0.2, 0) is 11.3 Å². The quantitative estimate of drug-likeness (QED) is 0.814. The minimum atomic E-state index is -0.310. The van der Waals surface area contributed by atoms with E-state index < -0.39 is 0 Å². The predicted octanol–water partition coefficient (Wildman–Crippen LogP) is 1.04. The lowest BCUT2D eigenvalue weighted by Crippen LogP contribution is -2.47. The standard InChI is InChI=1S/C14H19FN2O2S/c1-9-5-17(7-12(8-18)19-9)6-11-3-2-10(14(16)20)4-13(11)15/h2-4,9,12,18H,5-8H2,1H3,(H2,16,20). The Kier molecular flexibility index (Phi) is 5.04. The highest BCUT2D eigenvalue weighted by Gasteiger charge is 2.25. The lowest BCUT2D eigenvalue weighted by molar-refractivity contribution is -0.0974. The molecule has 1 aromatic rings. The van der Waals surface area contributed by atoms with Crippen molar-refractivity contribution in [2.24, 2.45) is 5.73 Å². The number of aliphatic hydroxyl groups is 1. The molecule has 1 aromatic carbocycles. The fraction of sp³-hybridized carbons (Fsp3) is 0.500. The molecule has 0 spiro atoms. The summed E-state index contributed by atoms with van der Waals surface area (Å²) in [5, 5.41) is 9.19. The molecule has 110 valence electrons. The molecule has 1 saturated heterocycles. The Balaban J connectivity index is 2.07. The maximum atomic E-state index is 14.0. The molecule has 2 atom stereocenters. The number of aliphatic hydroxyl groups excluding tert-OH is 1. The molecule has 1 aliphatic rings. The second-order valence-corrected chi connectivity index (χ2v) is 5.56. The molecular weight excluding hydrogens is 279 g/mol. The third kappa shape index (κ3) is 3.73. The Morgan fingerprint density at radius 1 is 1.55 bits per heavy atom. The molecule has 2 unspecified atom stereocenters. The summed E-state index contributed by atoms with van der Waals surface area (Å²) in [6.07, 6.45) is -0.183. The number of nitrogens with zero attached hydrogens (tertiary/aromatic N) is 1. The van der Waals surface area contributed by atoms with Crippen LogP contribution in [-0.4, -0.2) is 46.9 Å². The number of ether oxygens (including phenoxy) is 1. The molecule has 0 bridgehead atoms. The van der Waals surface area contributed by atoms with Crippen LogP contribution in [0.2, 0.25) is 0 Å². The van der Waals surface area contributed by atoms with Crippen molar-refractivity contribution in [3.05, 3.63) is 35.1 Å². The van der Waals surface area contributed by atoms with Crippen LogP contribution in [0.3, 0.4) is 0 Å². The van der Waals surface area contributed by atoms with Crippen molar-refractivity contribution in [2.45, 2.75) is 25.7 Å². The van der Waals surface area contributed by atoms with Crippen LogP contribution < -0.4 is 5.73 Å². The highest BCUT2D eigenvalue weighted by molar-refractivity contribution is 7.80. The van der Waals surface area contributed by atoms with Gasteiger partial charge in [0.25, 0.3) is 0 Å². The Morgan fingerprint density at radius 2 is 2.30 bits per heavy atom. The number of hydrogen-bond acceptors (Lipinski definition) is 4. The van der Waals surface area contributed by atoms with E-state index in [0.717, 1.165) is 0 Å². The zero-order valence-corrected chi connectivity index (χ0v) is 12.2. The SMILES string of the molecule is CC1CN(Cc2ccc(C(N)=S)cc2F)CC(CO)O1. The van der Waals surface area contributed by atoms with Crippen LogP contribution in [0, 0.1) is 5.82 Å². The Morgan fingerprint density at radius 3 is 2.90 bits per heavy atom. The smallest absolute Gasteiger partial charge is 0.128 e. The topological polar surface area (TPSA) is 58.7 Å². The first-order valence-electron chi connectivity index (χ1n) is 6.56. The monoisotopic (exact) mass is 298 g/mol. The first-order valence-corrected chi connectivity index (χ1v) is 6.97. The summed E-state index contributed by atoms with van der Waals surface area (Å²) < 4.78 is 19.6. The van der Waals surface area contributed by atoms with Crippen molar-refractivity contribution in [3.63, 3.8) is 0 Å². The average Bonchev–Trinajstić information content (AvgIpc) is 2.40. The molecule has 1 fully saturated rings. The number of morpholine rings is 1. The van der Waals surface area contributed by atoms with Gasteiger partial charge in [-0.05, 0) is 13.0 Å². The van der Waals surface area contributed by atoms with Gasteiger partial charge < -0.3 is 15.6 Å². The van der Waals surface area contributed by atoms with E-state index >= 15 is 0 Å². The second-order valence-electron chi connectivity index (χ2n) is 5.12. The first-order chi connectivity index (χ1) is 9.49. The molecule has 0 amide bonds. The maximum absolute atomic E-state index is 14.0. The van der Waals surface area contributed by atoms with Crippen LogP contribution >= 0.6 is 12.2 Å².